The van der Waals surface area contributed by atoms with Crippen LogP contribution in [0.25, 0.3) is 0 Å². The van der Waals surface area contributed by atoms with Crippen LogP contribution in [0, 0.1) is 5.82 Å². The summed E-state index contributed by atoms with van der Waals surface area (Å²) >= 11 is 0. The van der Waals surface area contributed by atoms with Crippen LogP contribution >= 0.6 is 0 Å². The van der Waals surface area contributed by atoms with E-state index in [-0.39, 0.29) is 5.56 Å². The number of hydrogen-bond acceptors (Lipinski definition) is 4. The zero-order valence-electron chi connectivity index (χ0n) is 10.5. The molecule has 0 unspecified atom stereocenters. The Kier molecular flexibility index (Phi) is 4.53. The minimum absolute atomic E-state index is 0.0659. The standard InChI is InChI=1S/C13H14FNO4S/c14-11-5-2-1-4-10(11)9-20(17,18)15-12(8-16)13-6-3-7-19-13/h1-7,12,15-16H,8-9H2/t12-/m1/s1. The summed E-state index contributed by atoms with van der Waals surface area (Å²) in [6, 6.07) is 7.88. The lowest BCUT2D eigenvalue weighted by atomic mass is 10.2. The molecule has 0 bridgehead atoms. The van der Waals surface area contributed by atoms with Gasteiger partial charge in [0.1, 0.15) is 17.6 Å². The number of nitrogens with one attached hydrogen (secondary N) is 1. The smallest absolute Gasteiger partial charge is 0.216 e. The third-order valence-electron chi connectivity index (χ3n) is 2.69. The molecule has 0 amide bonds. The van der Waals surface area contributed by atoms with Crippen molar-refractivity contribution in [2.24, 2.45) is 0 Å². The van der Waals surface area contributed by atoms with Gasteiger partial charge >= 0.3 is 0 Å². The van der Waals surface area contributed by atoms with Crippen LogP contribution in [0.3, 0.4) is 0 Å². The molecule has 1 aromatic carbocycles. The van der Waals surface area contributed by atoms with Gasteiger partial charge < -0.3 is 9.52 Å². The van der Waals surface area contributed by atoms with Crippen molar-refractivity contribution in [3.63, 3.8) is 0 Å². The van der Waals surface area contributed by atoms with Gasteiger partial charge in [-0.3, -0.25) is 0 Å². The molecule has 0 saturated carbocycles. The Balaban J connectivity index is 2.13. The van der Waals surface area contributed by atoms with Gasteiger partial charge in [-0.15, -0.1) is 0 Å². The van der Waals surface area contributed by atoms with E-state index in [1.54, 1.807) is 18.2 Å². The van der Waals surface area contributed by atoms with E-state index in [2.05, 4.69) is 4.72 Å². The third kappa shape index (κ3) is 3.66. The fraction of sp³-hybridized carbons (Fsp3) is 0.231. The molecule has 108 valence electrons. The van der Waals surface area contributed by atoms with E-state index in [4.69, 9.17) is 4.42 Å². The second-order valence-corrected chi connectivity index (χ2v) is 5.97. The predicted molar refractivity (Wildman–Crippen MR) is 70.7 cm³/mol. The molecule has 5 nitrogen and oxygen atoms in total. The van der Waals surface area contributed by atoms with Crippen LogP contribution in [0.2, 0.25) is 0 Å². The van der Waals surface area contributed by atoms with Crippen molar-refractivity contribution in [1.29, 1.82) is 0 Å². The van der Waals surface area contributed by atoms with Crippen LogP contribution in [-0.4, -0.2) is 20.1 Å². The molecule has 7 heteroatoms. The second-order valence-electron chi connectivity index (χ2n) is 4.22. The molecule has 0 aliphatic carbocycles. The maximum atomic E-state index is 13.5. The highest BCUT2D eigenvalue weighted by molar-refractivity contribution is 7.88. The monoisotopic (exact) mass is 299 g/mol. The summed E-state index contributed by atoms with van der Waals surface area (Å²) in [6.07, 6.45) is 1.38. The fourth-order valence-electron chi connectivity index (χ4n) is 1.75. The number of rotatable bonds is 6. The first-order valence-corrected chi connectivity index (χ1v) is 7.55. The van der Waals surface area contributed by atoms with Crippen molar-refractivity contribution in [3.05, 3.63) is 59.8 Å². The van der Waals surface area contributed by atoms with E-state index < -0.39 is 34.2 Å². The van der Waals surface area contributed by atoms with E-state index in [1.807, 2.05) is 0 Å². The van der Waals surface area contributed by atoms with Gasteiger partial charge in [0, 0.05) is 5.56 Å². The number of hydrogen-bond donors (Lipinski definition) is 2. The van der Waals surface area contributed by atoms with Crippen LogP contribution in [-0.2, 0) is 15.8 Å². The highest BCUT2D eigenvalue weighted by atomic mass is 32.2. The van der Waals surface area contributed by atoms with Gasteiger partial charge in [0.25, 0.3) is 0 Å². The van der Waals surface area contributed by atoms with Crippen molar-refractivity contribution in [1.82, 2.24) is 4.72 Å². The van der Waals surface area contributed by atoms with Crippen LogP contribution < -0.4 is 4.72 Å². The molecule has 1 heterocycles. The van der Waals surface area contributed by atoms with E-state index in [1.165, 1.54) is 24.5 Å². The summed E-state index contributed by atoms with van der Waals surface area (Å²) in [6.45, 7) is -0.454. The Morgan fingerprint density at radius 3 is 2.60 bits per heavy atom. The zero-order valence-corrected chi connectivity index (χ0v) is 11.3. The maximum Gasteiger partial charge on any atom is 0.216 e. The SMILES string of the molecule is O=S(=O)(Cc1ccccc1F)N[C@H](CO)c1ccco1. The van der Waals surface area contributed by atoms with Crippen LogP contribution in [0.15, 0.2) is 47.1 Å². The Morgan fingerprint density at radius 2 is 2.00 bits per heavy atom. The molecule has 0 saturated heterocycles. The summed E-state index contributed by atoms with van der Waals surface area (Å²) in [5.41, 5.74) is 0.0659. The summed E-state index contributed by atoms with van der Waals surface area (Å²) in [5.74, 6) is -0.794. The Labute approximate surface area is 116 Å². The average Bonchev–Trinajstić information content (AvgIpc) is 2.92. The van der Waals surface area contributed by atoms with Crippen molar-refractivity contribution in [2.45, 2.75) is 11.8 Å². The largest absolute Gasteiger partial charge is 0.468 e. The quantitative estimate of drug-likeness (QED) is 0.848. The number of aliphatic hydroxyl groups excluding tert-OH is 1. The molecule has 1 aromatic heterocycles. The Morgan fingerprint density at radius 1 is 1.25 bits per heavy atom. The lowest BCUT2D eigenvalue weighted by molar-refractivity contribution is 0.241. The molecule has 0 radical (unpaired) electrons. The molecular formula is C13H14FNO4S. The van der Waals surface area contributed by atoms with Crippen molar-refractivity contribution in [2.75, 3.05) is 6.61 Å². The average molecular weight is 299 g/mol. The minimum Gasteiger partial charge on any atom is -0.468 e. The first-order chi connectivity index (χ1) is 9.52. The molecule has 2 N–H and O–H groups in total. The molecule has 1 atom stereocenters. The normalized spacial score (nSPS) is 13.3. The molecule has 0 aliphatic heterocycles. The number of halogens is 1. The van der Waals surface area contributed by atoms with E-state index in [0.29, 0.717) is 5.76 Å². The van der Waals surface area contributed by atoms with Gasteiger partial charge in [0.15, 0.2) is 0 Å². The first-order valence-electron chi connectivity index (χ1n) is 5.89. The van der Waals surface area contributed by atoms with Crippen LogP contribution in [0.1, 0.15) is 17.4 Å². The summed E-state index contributed by atoms with van der Waals surface area (Å²) in [4.78, 5) is 0. The summed E-state index contributed by atoms with van der Waals surface area (Å²) in [5, 5.41) is 9.22. The number of aliphatic hydroxyl groups is 1. The maximum absolute atomic E-state index is 13.5. The lowest BCUT2D eigenvalue weighted by Crippen LogP contribution is -2.31. The van der Waals surface area contributed by atoms with Gasteiger partial charge in [-0.2, -0.15) is 0 Å². The molecule has 0 spiro atoms. The number of benzene rings is 1. The van der Waals surface area contributed by atoms with Crippen LogP contribution in [0.5, 0.6) is 0 Å². The number of sulfonamides is 1. The molecule has 20 heavy (non-hydrogen) atoms. The molecule has 2 aromatic rings. The van der Waals surface area contributed by atoms with Gasteiger partial charge in [0.05, 0.1) is 18.6 Å². The summed E-state index contributed by atoms with van der Waals surface area (Å²) < 4.78 is 44.8. The van der Waals surface area contributed by atoms with E-state index in [9.17, 15) is 17.9 Å². The minimum atomic E-state index is -3.80. The van der Waals surface area contributed by atoms with Gasteiger partial charge in [-0.05, 0) is 18.2 Å². The van der Waals surface area contributed by atoms with Crippen molar-refractivity contribution in [3.8, 4) is 0 Å². The topological polar surface area (TPSA) is 79.5 Å². The van der Waals surface area contributed by atoms with Gasteiger partial charge in [-0.25, -0.2) is 17.5 Å². The van der Waals surface area contributed by atoms with Gasteiger partial charge in [0.2, 0.25) is 10.0 Å². The zero-order chi connectivity index (χ0) is 14.6. The number of furan rings is 1. The first kappa shape index (κ1) is 14.7. The Bertz CT molecular complexity index is 655. The van der Waals surface area contributed by atoms with E-state index in [0.717, 1.165) is 0 Å². The lowest BCUT2D eigenvalue weighted by Gasteiger charge is -2.14. The highest BCUT2D eigenvalue weighted by Crippen LogP contribution is 2.16. The fourth-order valence-corrected chi connectivity index (χ4v) is 3.10. The van der Waals surface area contributed by atoms with Crippen molar-refractivity contribution < 1.29 is 22.3 Å². The highest BCUT2D eigenvalue weighted by Gasteiger charge is 2.22. The van der Waals surface area contributed by atoms with Crippen LogP contribution in [0.4, 0.5) is 4.39 Å². The Hall–Kier alpha value is -1.70. The third-order valence-corrected chi connectivity index (χ3v) is 4.03. The predicted octanol–water partition coefficient (Wildman–Crippen LogP) is 1.57. The molecule has 0 fully saturated rings. The molecule has 2 rings (SSSR count). The molecular weight excluding hydrogens is 285 g/mol. The summed E-state index contributed by atoms with van der Waals surface area (Å²) in [7, 11) is -3.80. The van der Waals surface area contributed by atoms with E-state index >= 15 is 0 Å². The molecule has 0 aliphatic rings. The second kappa shape index (κ2) is 6.17. The van der Waals surface area contributed by atoms with Crippen molar-refractivity contribution >= 4 is 10.0 Å². The van der Waals surface area contributed by atoms with Gasteiger partial charge in [-0.1, -0.05) is 18.2 Å².